The molecule has 1 amide bonds. The highest BCUT2D eigenvalue weighted by Gasteiger charge is 2.18. The number of aryl methyl sites for hydroxylation is 1. The second-order valence-electron chi connectivity index (χ2n) is 5.89. The number of aromatic nitrogens is 2. The summed E-state index contributed by atoms with van der Waals surface area (Å²) in [5.41, 5.74) is 1.11. The molecule has 0 fully saturated rings. The summed E-state index contributed by atoms with van der Waals surface area (Å²) in [5.74, 6) is -0.625. The largest absolute Gasteiger partial charge is 0.347 e. The number of amides is 1. The minimum atomic E-state index is -3.44. The van der Waals surface area contributed by atoms with Crippen LogP contribution in [0.5, 0.6) is 0 Å². The number of hydrogen-bond acceptors (Lipinski definition) is 6. The van der Waals surface area contributed by atoms with Gasteiger partial charge >= 0.3 is 11.8 Å². The normalized spacial score (nSPS) is 11.3. The number of sulfone groups is 1. The molecule has 0 saturated carbocycles. The average molecular weight is 385 g/mol. The summed E-state index contributed by atoms with van der Waals surface area (Å²) in [7, 11) is -3.44. The van der Waals surface area contributed by atoms with E-state index >= 15 is 0 Å². The zero-order valence-electron chi connectivity index (χ0n) is 14.5. The summed E-state index contributed by atoms with van der Waals surface area (Å²) in [5, 5.41) is 6.39. The van der Waals surface area contributed by atoms with Gasteiger partial charge in [0, 0.05) is 13.0 Å². The number of nitrogens with zero attached hydrogens (tertiary/aromatic N) is 2. The van der Waals surface area contributed by atoms with Crippen LogP contribution < -0.4 is 5.32 Å². The van der Waals surface area contributed by atoms with Crippen LogP contribution in [0.4, 0.5) is 0 Å². The van der Waals surface area contributed by atoms with Crippen molar-refractivity contribution < 1.29 is 17.7 Å². The molecule has 140 valence electrons. The maximum atomic E-state index is 12.3. The molecule has 0 aliphatic heterocycles. The first-order valence-corrected chi connectivity index (χ1v) is 10.1. The van der Waals surface area contributed by atoms with E-state index in [1.807, 2.05) is 30.3 Å². The molecule has 0 spiro atoms. The van der Waals surface area contributed by atoms with E-state index in [-0.39, 0.29) is 28.8 Å². The van der Waals surface area contributed by atoms with E-state index in [4.69, 9.17) is 4.52 Å². The van der Waals surface area contributed by atoms with Crippen LogP contribution in [0.2, 0.25) is 0 Å². The van der Waals surface area contributed by atoms with E-state index in [9.17, 15) is 13.2 Å². The van der Waals surface area contributed by atoms with Gasteiger partial charge in [-0.1, -0.05) is 53.7 Å². The van der Waals surface area contributed by atoms with Gasteiger partial charge in [0.15, 0.2) is 15.7 Å². The van der Waals surface area contributed by atoms with E-state index in [2.05, 4.69) is 15.5 Å². The predicted molar refractivity (Wildman–Crippen MR) is 99.0 cm³/mol. The lowest BCUT2D eigenvalue weighted by Gasteiger charge is -2.02. The zero-order chi connectivity index (χ0) is 19.1. The van der Waals surface area contributed by atoms with Crippen molar-refractivity contribution in [1.29, 1.82) is 0 Å². The molecule has 2 aromatic carbocycles. The molecular weight excluding hydrogens is 366 g/mol. The summed E-state index contributed by atoms with van der Waals surface area (Å²) in [6.07, 6.45) is 0.751. The van der Waals surface area contributed by atoms with Crippen LogP contribution >= 0.6 is 0 Å². The first-order chi connectivity index (χ1) is 13.0. The van der Waals surface area contributed by atoms with Crippen molar-refractivity contribution in [3.05, 3.63) is 77.9 Å². The lowest BCUT2D eigenvalue weighted by molar-refractivity contribution is 0.0910. The van der Waals surface area contributed by atoms with Crippen LogP contribution in [0.25, 0.3) is 0 Å². The predicted octanol–water partition coefficient (Wildman–Crippen LogP) is 2.06. The molecule has 1 heterocycles. The van der Waals surface area contributed by atoms with Gasteiger partial charge in [-0.05, 0) is 24.1 Å². The summed E-state index contributed by atoms with van der Waals surface area (Å²) < 4.78 is 29.4. The van der Waals surface area contributed by atoms with Crippen LogP contribution in [0.1, 0.15) is 22.1 Å². The fourth-order valence-corrected chi connectivity index (χ4v) is 3.72. The monoisotopic (exact) mass is 385 g/mol. The number of hydrogen-bond donors (Lipinski definition) is 1. The van der Waals surface area contributed by atoms with Crippen molar-refractivity contribution in [2.45, 2.75) is 17.7 Å². The first kappa shape index (κ1) is 18.8. The van der Waals surface area contributed by atoms with Crippen molar-refractivity contribution >= 4 is 15.7 Å². The number of nitrogens with one attached hydrogen (secondary N) is 1. The van der Waals surface area contributed by atoms with Crippen LogP contribution in [-0.2, 0) is 22.7 Å². The molecule has 7 nitrogen and oxygen atoms in total. The summed E-state index contributed by atoms with van der Waals surface area (Å²) in [6, 6.07) is 17.9. The molecule has 3 aromatic rings. The Kier molecular flexibility index (Phi) is 5.97. The molecule has 0 bridgehead atoms. The van der Waals surface area contributed by atoms with Crippen LogP contribution in [-0.4, -0.2) is 36.8 Å². The average Bonchev–Trinajstić information content (AvgIpc) is 3.17. The van der Waals surface area contributed by atoms with Gasteiger partial charge in [-0.3, -0.25) is 4.79 Å². The highest BCUT2D eigenvalue weighted by atomic mass is 32.2. The second-order valence-corrected chi connectivity index (χ2v) is 8.00. The van der Waals surface area contributed by atoms with Gasteiger partial charge in [0.05, 0.1) is 10.6 Å². The molecule has 0 atom stereocenters. The molecule has 0 saturated heterocycles. The molecule has 0 radical (unpaired) electrons. The zero-order valence-corrected chi connectivity index (χ0v) is 15.4. The van der Waals surface area contributed by atoms with Crippen molar-refractivity contribution in [3.8, 4) is 0 Å². The third-order valence-corrected chi connectivity index (χ3v) is 5.63. The molecular formula is C19H19N3O4S. The molecule has 1 N–H and O–H groups in total. The molecule has 0 unspecified atom stereocenters. The first-order valence-electron chi connectivity index (χ1n) is 8.47. The molecule has 8 heteroatoms. The molecule has 1 aromatic heterocycles. The van der Waals surface area contributed by atoms with E-state index in [1.54, 1.807) is 18.2 Å². The third kappa shape index (κ3) is 5.24. The van der Waals surface area contributed by atoms with Gasteiger partial charge in [-0.2, -0.15) is 4.98 Å². The number of benzene rings is 2. The Morgan fingerprint density at radius 2 is 1.63 bits per heavy atom. The Morgan fingerprint density at radius 1 is 0.963 bits per heavy atom. The fourth-order valence-electron chi connectivity index (χ4n) is 2.46. The fraction of sp³-hybridized carbons (Fsp3) is 0.211. The topological polar surface area (TPSA) is 102 Å². The van der Waals surface area contributed by atoms with Crippen molar-refractivity contribution in [3.63, 3.8) is 0 Å². The Labute approximate surface area is 157 Å². The Hall–Kier alpha value is -3.00. The van der Waals surface area contributed by atoms with Gasteiger partial charge in [0.2, 0.25) is 0 Å². The van der Waals surface area contributed by atoms with Gasteiger partial charge < -0.3 is 9.84 Å². The SMILES string of the molecule is O=C(NCCc1ccccc1)c1nc(CCS(=O)(=O)c2ccccc2)no1. The van der Waals surface area contributed by atoms with Crippen LogP contribution in [0.15, 0.2) is 70.1 Å². The molecule has 0 aliphatic rings. The van der Waals surface area contributed by atoms with E-state index in [0.29, 0.717) is 13.0 Å². The number of carbonyl (C=O) groups is 1. The van der Waals surface area contributed by atoms with Crippen LogP contribution in [0.3, 0.4) is 0 Å². The smallest absolute Gasteiger partial charge is 0.315 e. The number of rotatable bonds is 8. The van der Waals surface area contributed by atoms with Gasteiger partial charge in [0.1, 0.15) is 0 Å². The molecule has 3 rings (SSSR count). The highest BCUT2D eigenvalue weighted by Crippen LogP contribution is 2.11. The van der Waals surface area contributed by atoms with E-state index in [0.717, 1.165) is 5.56 Å². The van der Waals surface area contributed by atoms with Gasteiger partial charge in [-0.15, -0.1) is 0 Å². The van der Waals surface area contributed by atoms with Crippen LogP contribution in [0, 0.1) is 0 Å². The highest BCUT2D eigenvalue weighted by molar-refractivity contribution is 7.91. The van der Waals surface area contributed by atoms with Crippen molar-refractivity contribution in [1.82, 2.24) is 15.5 Å². The lowest BCUT2D eigenvalue weighted by Crippen LogP contribution is -2.26. The minimum absolute atomic E-state index is 0.0675. The Bertz CT molecular complexity index is 986. The molecule has 27 heavy (non-hydrogen) atoms. The number of carbonyl (C=O) groups excluding carboxylic acids is 1. The van der Waals surface area contributed by atoms with E-state index in [1.165, 1.54) is 12.1 Å². The van der Waals surface area contributed by atoms with E-state index < -0.39 is 15.7 Å². The maximum Gasteiger partial charge on any atom is 0.315 e. The summed E-state index contributed by atoms with van der Waals surface area (Å²) in [6.45, 7) is 0.433. The molecule has 0 aliphatic carbocycles. The lowest BCUT2D eigenvalue weighted by atomic mass is 10.1. The quantitative estimate of drug-likeness (QED) is 0.637. The third-order valence-electron chi connectivity index (χ3n) is 3.90. The standard InChI is InChI=1S/C19H19N3O4S/c23-18(20-13-11-15-7-3-1-4-8-15)19-21-17(22-26-19)12-14-27(24,25)16-9-5-2-6-10-16/h1-10H,11-14H2,(H,20,23). The summed E-state index contributed by atoms with van der Waals surface area (Å²) >= 11 is 0. The second kappa shape index (κ2) is 8.59. The summed E-state index contributed by atoms with van der Waals surface area (Å²) in [4.78, 5) is 16.3. The Balaban J connectivity index is 1.51. The van der Waals surface area contributed by atoms with Crippen molar-refractivity contribution in [2.24, 2.45) is 0 Å². The van der Waals surface area contributed by atoms with Gasteiger partial charge in [0.25, 0.3) is 0 Å². The maximum absolute atomic E-state index is 12.3. The van der Waals surface area contributed by atoms with Crippen molar-refractivity contribution in [2.75, 3.05) is 12.3 Å². The minimum Gasteiger partial charge on any atom is -0.347 e. The van der Waals surface area contributed by atoms with Gasteiger partial charge in [-0.25, -0.2) is 8.42 Å². The Morgan fingerprint density at radius 3 is 2.33 bits per heavy atom.